The van der Waals surface area contributed by atoms with Crippen molar-refractivity contribution in [3.63, 3.8) is 0 Å². The predicted octanol–water partition coefficient (Wildman–Crippen LogP) is 5.14. The Morgan fingerprint density at radius 3 is 2.52 bits per heavy atom. The molecule has 5 rings (SSSR count). The maximum atomic E-state index is 5.14. The fraction of sp³-hybridized carbons (Fsp3) is 0.360. The van der Waals surface area contributed by atoms with E-state index < -0.39 is 0 Å². The summed E-state index contributed by atoms with van der Waals surface area (Å²) in [5.74, 6) is 0. The predicted molar refractivity (Wildman–Crippen MR) is 130 cm³/mol. The van der Waals surface area contributed by atoms with Crippen LogP contribution in [0.2, 0.25) is 0 Å². The average molecular weight is 432 g/mol. The lowest BCUT2D eigenvalue weighted by Gasteiger charge is -2.27. The maximum Gasteiger partial charge on any atom is 0.160 e. The van der Waals surface area contributed by atoms with Gasteiger partial charge in [-0.3, -0.25) is 9.98 Å². The normalized spacial score (nSPS) is 22.5. The zero-order valence-corrected chi connectivity index (χ0v) is 19.6. The number of aliphatic imine (C=N–C) groups is 1. The van der Waals surface area contributed by atoms with E-state index in [9.17, 15) is 0 Å². The van der Waals surface area contributed by atoms with Crippen LogP contribution in [0, 0.1) is 13.8 Å². The summed E-state index contributed by atoms with van der Waals surface area (Å²) in [6, 6.07) is 17.5. The van der Waals surface area contributed by atoms with E-state index in [4.69, 9.17) is 4.99 Å². The Hall–Kier alpha value is -2.73. The van der Waals surface area contributed by atoms with Crippen LogP contribution in [0.1, 0.15) is 41.7 Å². The molecule has 1 saturated heterocycles. The maximum absolute atomic E-state index is 5.14. The van der Waals surface area contributed by atoms with Crippen LogP contribution in [0.3, 0.4) is 0 Å². The highest BCUT2D eigenvalue weighted by atomic mass is 32.2. The van der Waals surface area contributed by atoms with E-state index in [-0.39, 0.29) is 12.1 Å². The Morgan fingerprint density at radius 1 is 1.06 bits per heavy atom. The molecule has 6 heteroatoms. The van der Waals surface area contributed by atoms with Crippen LogP contribution in [-0.2, 0) is 0 Å². The van der Waals surface area contributed by atoms with Crippen molar-refractivity contribution in [1.29, 1.82) is 0 Å². The Bertz CT molecular complexity index is 1120. The van der Waals surface area contributed by atoms with Gasteiger partial charge in [0.15, 0.2) is 5.17 Å². The van der Waals surface area contributed by atoms with Gasteiger partial charge in [-0.2, -0.15) is 0 Å². The Kier molecular flexibility index (Phi) is 5.05. The zero-order chi connectivity index (χ0) is 21.7. The third-order valence-corrected chi connectivity index (χ3v) is 7.40. The first-order chi connectivity index (χ1) is 14.9. The van der Waals surface area contributed by atoms with Gasteiger partial charge in [-0.05, 0) is 61.9 Å². The van der Waals surface area contributed by atoms with Crippen molar-refractivity contribution < 1.29 is 0 Å². The first-order valence-electron chi connectivity index (χ1n) is 10.8. The van der Waals surface area contributed by atoms with E-state index >= 15 is 0 Å². The van der Waals surface area contributed by atoms with Crippen molar-refractivity contribution in [3.8, 4) is 5.69 Å². The fourth-order valence-electron chi connectivity index (χ4n) is 4.84. The van der Waals surface area contributed by atoms with Gasteiger partial charge in [-0.15, -0.1) is 0 Å². The van der Waals surface area contributed by atoms with E-state index in [0.29, 0.717) is 5.25 Å². The largest absolute Gasteiger partial charge is 0.378 e. The quantitative estimate of drug-likeness (QED) is 0.573. The first-order valence-corrected chi connectivity index (χ1v) is 11.7. The number of hydrogen-bond donors (Lipinski definition) is 0. The molecule has 2 aliphatic heterocycles. The van der Waals surface area contributed by atoms with Gasteiger partial charge >= 0.3 is 0 Å². The number of amidine groups is 1. The Labute approximate surface area is 188 Å². The average Bonchev–Trinajstić information content (AvgIpc) is 3.38. The van der Waals surface area contributed by atoms with Crippen molar-refractivity contribution in [1.82, 2.24) is 14.5 Å². The van der Waals surface area contributed by atoms with Crippen LogP contribution in [0.15, 0.2) is 59.7 Å². The third-order valence-electron chi connectivity index (χ3n) is 6.29. The van der Waals surface area contributed by atoms with E-state index in [1.165, 1.54) is 28.3 Å². The number of aromatic nitrogens is 2. The lowest BCUT2D eigenvalue weighted by Crippen LogP contribution is -2.28. The fourth-order valence-corrected chi connectivity index (χ4v) is 5.93. The van der Waals surface area contributed by atoms with Crippen LogP contribution >= 0.6 is 11.8 Å². The van der Waals surface area contributed by atoms with Gasteiger partial charge in [0.1, 0.15) is 6.04 Å². The molecule has 2 aliphatic rings. The van der Waals surface area contributed by atoms with Crippen LogP contribution in [0.4, 0.5) is 5.69 Å². The number of thioether (sulfide) groups is 1. The molecule has 2 aromatic heterocycles. The molecule has 1 aromatic carbocycles. The molecule has 0 N–H and O–H groups in total. The third kappa shape index (κ3) is 3.43. The van der Waals surface area contributed by atoms with Gasteiger partial charge < -0.3 is 14.4 Å². The summed E-state index contributed by atoms with van der Waals surface area (Å²) in [4.78, 5) is 14.4. The first kappa shape index (κ1) is 20.2. The summed E-state index contributed by atoms with van der Waals surface area (Å²) >= 11 is 1.89. The molecular weight excluding hydrogens is 402 g/mol. The summed E-state index contributed by atoms with van der Waals surface area (Å²) in [6.07, 6.45) is 1.88. The lowest BCUT2D eigenvalue weighted by atomic mass is 9.96. The number of anilines is 1. The molecule has 0 aliphatic carbocycles. The summed E-state index contributed by atoms with van der Waals surface area (Å²) < 4.78 is 2.37. The molecule has 0 bridgehead atoms. The molecule has 3 atom stereocenters. The lowest BCUT2D eigenvalue weighted by molar-refractivity contribution is 0.320. The highest BCUT2D eigenvalue weighted by Crippen LogP contribution is 2.48. The molecule has 5 nitrogen and oxygen atoms in total. The summed E-state index contributed by atoms with van der Waals surface area (Å²) in [7, 11) is 4.15. The van der Waals surface area contributed by atoms with Crippen molar-refractivity contribution in [3.05, 3.63) is 77.4 Å². The monoisotopic (exact) mass is 431 g/mol. The van der Waals surface area contributed by atoms with Crippen molar-refractivity contribution in [2.75, 3.05) is 25.5 Å². The number of hydrogen-bond acceptors (Lipinski definition) is 5. The van der Waals surface area contributed by atoms with Gasteiger partial charge in [0, 0.05) is 54.8 Å². The van der Waals surface area contributed by atoms with E-state index in [1.54, 1.807) is 0 Å². The number of aryl methyl sites for hydroxylation is 1. The van der Waals surface area contributed by atoms with Gasteiger partial charge in [0.2, 0.25) is 0 Å². The topological polar surface area (TPSA) is 36.7 Å². The number of nitrogens with zero attached hydrogens (tertiary/aromatic N) is 5. The molecule has 0 spiro atoms. The van der Waals surface area contributed by atoms with E-state index in [1.807, 2.05) is 24.0 Å². The van der Waals surface area contributed by atoms with Gasteiger partial charge in [0.05, 0.1) is 11.7 Å². The Morgan fingerprint density at radius 2 is 1.84 bits per heavy atom. The smallest absolute Gasteiger partial charge is 0.160 e. The van der Waals surface area contributed by atoms with Gasteiger partial charge in [-0.1, -0.05) is 24.8 Å². The highest BCUT2D eigenvalue weighted by Gasteiger charge is 2.44. The van der Waals surface area contributed by atoms with Gasteiger partial charge in [-0.25, -0.2) is 0 Å². The van der Waals surface area contributed by atoms with E-state index in [0.717, 1.165) is 17.4 Å². The highest BCUT2D eigenvalue weighted by molar-refractivity contribution is 8.14. The summed E-state index contributed by atoms with van der Waals surface area (Å²) in [6.45, 7) is 7.75. The molecule has 0 unspecified atom stereocenters. The second-order valence-corrected chi connectivity index (χ2v) is 10.1. The second kappa shape index (κ2) is 7.75. The minimum Gasteiger partial charge on any atom is -0.378 e. The van der Waals surface area contributed by atoms with Crippen LogP contribution in [0.25, 0.3) is 5.69 Å². The molecule has 3 aromatic rings. The van der Waals surface area contributed by atoms with Crippen LogP contribution in [-0.4, -0.2) is 45.5 Å². The van der Waals surface area contributed by atoms with E-state index in [2.05, 4.69) is 96.7 Å². The molecular formula is C25H29N5S. The zero-order valence-electron chi connectivity index (χ0n) is 18.8. The standard InChI is InChI=1S/C25H29N5S/c1-16-14-21(18(3)30(16)20-11-9-19(10-12-20)28(4)5)24-23(22-8-6-7-13-26-22)27-25-29(24)15-17(2)31-25/h6-14,17,23-24H,15H2,1-5H3/t17-,23+,24-/m1/s1. The molecule has 0 amide bonds. The molecule has 160 valence electrons. The van der Waals surface area contributed by atoms with Crippen molar-refractivity contribution >= 4 is 22.6 Å². The number of fused-ring (bicyclic) bond motifs is 1. The molecule has 4 heterocycles. The molecule has 31 heavy (non-hydrogen) atoms. The Balaban J connectivity index is 1.58. The molecule has 1 fully saturated rings. The summed E-state index contributed by atoms with van der Waals surface area (Å²) in [5, 5.41) is 1.72. The SMILES string of the molecule is Cc1cc([C@@H]2[C@H](c3ccccn3)N=C3S[C@H](C)CN32)c(C)n1-c1ccc(N(C)C)cc1. The van der Waals surface area contributed by atoms with Crippen molar-refractivity contribution in [2.24, 2.45) is 4.99 Å². The molecule has 0 saturated carbocycles. The number of benzene rings is 1. The van der Waals surface area contributed by atoms with Crippen LogP contribution < -0.4 is 4.90 Å². The summed E-state index contributed by atoms with van der Waals surface area (Å²) in [5.41, 5.74) is 7.32. The minimum atomic E-state index is 0.0290. The van der Waals surface area contributed by atoms with Crippen molar-refractivity contribution in [2.45, 2.75) is 38.1 Å². The minimum absolute atomic E-state index is 0.0290. The molecule has 0 radical (unpaired) electrons. The van der Waals surface area contributed by atoms with Crippen LogP contribution in [0.5, 0.6) is 0 Å². The second-order valence-electron chi connectivity index (χ2n) is 8.71. The number of pyridine rings is 1. The number of rotatable bonds is 4. The van der Waals surface area contributed by atoms with Gasteiger partial charge in [0.25, 0.3) is 0 Å².